The minimum Gasteiger partial charge on any atom is -0.725 e. The monoisotopic (exact) mass is 480 g/mol. The van der Waals surface area contributed by atoms with E-state index in [9.17, 15) is 52.7 Å². The summed E-state index contributed by atoms with van der Waals surface area (Å²) in [7, 11) is 0. The average Bonchev–Trinajstić information content (AvgIpc) is 2.52. The van der Waals surface area contributed by atoms with Gasteiger partial charge in [0.25, 0.3) is 0 Å². The molecule has 1 aliphatic rings. The van der Waals surface area contributed by atoms with Crippen molar-refractivity contribution in [1.29, 1.82) is 0 Å². The van der Waals surface area contributed by atoms with Crippen LogP contribution in [-0.2, 0) is 29.7 Å². The number of alkyl halides is 12. The summed E-state index contributed by atoms with van der Waals surface area (Å²) < 4.78 is 144. The van der Waals surface area contributed by atoms with Gasteiger partial charge in [0, 0.05) is 17.4 Å². The van der Waals surface area contributed by atoms with Gasteiger partial charge in [0.05, 0.1) is 11.1 Å². The first-order valence-electron chi connectivity index (χ1n) is 6.91. The molecule has 2 rings (SSSR count). The third-order valence-corrected chi connectivity index (χ3v) is 3.03. The van der Waals surface area contributed by atoms with Gasteiger partial charge in [-0.05, 0) is 18.2 Å². The third kappa shape index (κ3) is 9.07. The fourth-order valence-corrected chi connectivity index (χ4v) is 1.74. The van der Waals surface area contributed by atoms with Crippen LogP contribution in [0.4, 0.5) is 52.7 Å². The van der Waals surface area contributed by atoms with E-state index < -0.39 is 47.7 Å². The Labute approximate surface area is 168 Å². The summed E-state index contributed by atoms with van der Waals surface area (Å²) >= 11 is 0. The van der Waals surface area contributed by atoms with E-state index in [1.807, 2.05) is 0 Å². The van der Waals surface area contributed by atoms with Crippen LogP contribution in [0.1, 0.15) is 11.1 Å². The topological polar surface area (TPSA) is 0 Å². The van der Waals surface area contributed by atoms with Crippen molar-refractivity contribution in [2.45, 2.75) is 24.7 Å². The van der Waals surface area contributed by atoms with Crippen molar-refractivity contribution in [3.05, 3.63) is 72.9 Å². The molecule has 0 amide bonds. The van der Waals surface area contributed by atoms with Gasteiger partial charge in [-0.1, -0.05) is 6.07 Å². The molecule has 1 aromatic carbocycles. The molecule has 0 radical (unpaired) electrons. The van der Waals surface area contributed by atoms with Crippen molar-refractivity contribution in [2.24, 2.45) is 0 Å². The molecule has 1 aromatic rings. The Balaban J connectivity index is 0.000000523. The van der Waals surface area contributed by atoms with Gasteiger partial charge in [0.15, 0.2) is 0 Å². The zero-order valence-corrected chi connectivity index (χ0v) is 14.8. The molecular formula is C16H8CrF12-6. The van der Waals surface area contributed by atoms with Gasteiger partial charge in [-0.3, -0.25) is 0 Å². The van der Waals surface area contributed by atoms with E-state index in [0.29, 0.717) is 25.0 Å². The summed E-state index contributed by atoms with van der Waals surface area (Å²) in [5.74, 6) is -2.60. The van der Waals surface area contributed by atoms with Gasteiger partial charge in [-0.2, -0.15) is 26.3 Å². The van der Waals surface area contributed by atoms with E-state index in [0.717, 1.165) is 12.5 Å². The number of halogens is 12. The number of hydrogen-bond donors (Lipinski definition) is 0. The first kappa shape index (κ1) is 27.9. The largest absolute Gasteiger partial charge is 0.725 e. The van der Waals surface area contributed by atoms with Gasteiger partial charge >= 0.3 is 12.4 Å². The van der Waals surface area contributed by atoms with E-state index >= 15 is 0 Å². The van der Waals surface area contributed by atoms with Crippen molar-refractivity contribution in [2.75, 3.05) is 0 Å². The van der Waals surface area contributed by atoms with Gasteiger partial charge in [-0.15, -0.1) is 0 Å². The van der Waals surface area contributed by atoms with Crippen molar-refractivity contribution in [3.8, 4) is 0 Å². The van der Waals surface area contributed by atoms with Crippen molar-refractivity contribution < 1.29 is 70.0 Å². The Morgan fingerprint density at radius 1 is 0.621 bits per heavy atom. The fraction of sp³-hybridized carbons (Fsp3) is 0.250. The fourth-order valence-electron chi connectivity index (χ4n) is 1.74. The van der Waals surface area contributed by atoms with E-state index in [4.69, 9.17) is 0 Å². The summed E-state index contributed by atoms with van der Waals surface area (Å²) in [6.07, 6.45) is -17.0. The Kier molecular flexibility index (Phi) is 9.45. The molecule has 0 aromatic heterocycles. The molecule has 168 valence electrons. The van der Waals surface area contributed by atoms with E-state index in [2.05, 4.69) is 0 Å². The summed E-state index contributed by atoms with van der Waals surface area (Å²) in [4.78, 5) is 0. The van der Waals surface area contributed by atoms with Crippen LogP contribution >= 0.6 is 0 Å². The molecule has 1 saturated carbocycles. The second kappa shape index (κ2) is 9.81. The molecule has 0 heterocycles. The number of rotatable bonds is 0. The zero-order chi connectivity index (χ0) is 22.0. The van der Waals surface area contributed by atoms with E-state index in [1.165, 1.54) is 0 Å². The molecule has 0 N–H and O–H groups in total. The molecule has 1 fully saturated rings. The molecule has 0 unspecified atom stereocenters. The molecule has 13 heteroatoms. The number of hydrogen-bond acceptors (Lipinski definition) is 0. The smallest absolute Gasteiger partial charge is 0.416 e. The van der Waals surface area contributed by atoms with Crippen LogP contribution in [0.25, 0.3) is 0 Å². The first-order valence-corrected chi connectivity index (χ1v) is 6.91. The predicted octanol–water partition coefficient (Wildman–Crippen LogP) is 6.81. The maximum absolute atomic E-state index is 12.0. The third-order valence-electron chi connectivity index (χ3n) is 3.03. The van der Waals surface area contributed by atoms with Gasteiger partial charge in [0.2, 0.25) is 12.4 Å². The summed E-state index contributed by atoms with van der Waals surface area (Å²) in [6, 6.07) is 2.00. The Morgan fingerprint density at radius 3 is 1.24 bits per heavy atom. The van der Waals surface area contributed by atoms with Crippen LogP contribution in [-0.4, -0.2) is 12.4 Å². The molecule has 0 saturated heterocycles. The minimum atomic E-state index is -4.75. The van der Waals surface area contributed by atoms with Crippen molar-refractivity contribution in [3.63, 3.8) is 0 Å². The van der Waals surface area contributed by atoms with Crippen LogP contribution in [0.15, 0.2) is 24.3 Å². The van der Waals surface area contributed by atoms with Crippen molar-refractivity contribution >= 4 is 0 Å². The average molecular weight is 480 g/mol. The Bertz CT molecular complexity index is 577. The first-order chi connectivity index (χ1) is 12.4. The molecule has 0 atom stereocenters. The minimum absolute atomic E-state index is 0. The second-order valence-corrected chi connectivity index (χ2v) is 5.15. The molecule has 0 nitrogen and oxygen atoms in total. The van der Waals surface area contributed by atoms with E-state index in [-0.39, 0.29) is 29.8 Å². The molecule has 1 aliphatic carbocycles. The van der Waals surface area contributed by atoms with Crippen LogP contribution in [0.5, 0.6) is 0 Å². The van der Waals surface area contributed by atoms with E-state index in [1.54, 1.807) is 0 Å². The Morgan fingerprint density at radius 2 is 0.966 bits per heavy atom. The molecule has 29 heavy (non-hydrogen) atoms. The summed E-state index contributed by atoms with van der Waals surface area (Å²) in [6.45, 7) is 0. The second-order valence-electron chi connectivity index (χ2n) is 5.15. The molecule has 0 spiro atoms. The van der Waals surface area contributed by atoms with Gasteiger partial charge < -0.3 is 37.5 Å². The SMILES string of the molecule is FC(F)(F)[C-]1[CH-][CH-][CH-][C-](C(F)(F)F)[CH-]1.FC(F)(F)c1cccc(C(F)(F)F)c1.[Cr]. The zero-order valence-electron chi connectivity index (χ0n) is 13.6. The quantitative estimate of drug-likeness (QED) is 0.283. The van der Waals surface area contributed by atoms with Crippen LogP contribution in [0.3, 0.4) is 0 Å². The van der Waals surface area contributed by atoms with Gasteiger partial charge in [0.1, 0.15) is 0 Å². The van der Waals surface area contributed by atoms with Crippen molar-refractivity contribution in [1.82, 2.24) is 0 Å². The van der Waals surface area contributed by atoms with Gasteiger partial charge in [-0.25, -0.2) is 26.3 Å². The normalized spacial score (nSPS) is 17.2. The number of benzene rings is 1. The standard InChI is InChI=1S/2C8H4F6.Cr/c2*9-7(10,11)5-2-1-3-6(4-5)8(12,13)14;/h2*1-4H;/q;-6;. The summed E-state index contributed by atoms with van der Waals surface area (Å²) in [5, 5.41) is 0. The molecule has 0 aliphatic heterocycles. The maximum atomic E-state index is 12.0. The van der Waals surface area contributed by atoms with Crippen LogP contribution < -0.4 is 0 Å². The predicted molar refractivity (Wildman–Crippen MR) is 72.2 cm³/mol. The maximum Gasteiger partial charge on any atom is 0.416 e. The van der Waals surface area contributed by atoms with Crippen LogP contribution in [0, 0.1) is 37.5 Å². The molecular weight excluding hydrogens is 472 g/mol. The Hall–Kier alpha value is -1.09. The summed E-state index contributed by atoms with van der Waals surface area (Å²) in [5.41, 5.74) is -2.60. The molecule has 0 bridgehead atoms. The van der Waals surface area contributed by atoms with Crippen LogP contribution in [0.2, 0.25) is 0 Å².